The van der Waals surface area contributed by atoms with Crippen molar-refractivity contribution in [2.45, 2.75) is 6.10 Å². The molecule has 8 heteroatoms. The summed E-state index contributed by atoms with van der Waals surface area (Å²) in [6, 6.07) is 4.03. The van der Waals surface area contributed by atoms with Crippen molar-refractivity contribution in [1.82, 2.24) is 15.0 Å². The number of nitrogens with zero attached hydrogens (tertiary/aromatic N) is 3. The summed E-state index contributed by atoms with van der Waals surface area (Å²) in [5, 5.41) is 3.73. The van der Waals surface area contributed by atoms with E-state index in [1.165, 1.54) is 31.7 Å². The zero-order valence-corrected chi connectivity index (χ0v) is 11.9. The summed E-state index contributed by atoms with van der Waals surface area (Å²) in [7, 11) is 1.35. The molecular formula is C14H14FN3O4. The number of hydrogen-bond acceptors (Lipinski definition) is 6. The van der Waals surface area contributed by atoms with E-state index in [0.717, 1.165) is 0 Å². The van der Waals surface area contributed by atoms with Gasteiger partial charge in [-0.25, -0.2) is 4.39 Å². The van der Waals surface area contributed by atoms with Gasteiger partial charge in [0.1, 0.15) is 6.10 Å². The highest BCUT2D eigenvalue weighted by Crippen LogP contribution is 2.23. The Balaban J connectivity index is 1.77. The van der Waals surface area contributed by atoms with E-state index in [1.54, 1.807) is 4.90 Å². The van der Waals surface area contributed by atoms with Crippen molar-refractivity contribution in [3.8, 4) is 5.75 Å². The van der Waals surface area contributed by atoms with Crippen LogP contribution in [0.25, 0.3) is 0 Å². The van der Waals surface area contributed by atoms with E-state index in [-0.39, 0.29) is 11.7 Å². The van der Waals surface area contributed by atoms with E-state index >= 15 is 0 Å². The summed E-state index contributed by atoms with van der Waals surface area (Å²) in [5.74, 6) is -0.302. The van der Waals surface area contributed by atoms with Crippen LogP contribution in [0.15, 0.2) is 29.1 Å². The molecule has 22 heavy (non-hydrogen) atoms. The van der Waals surface area contributed by atoms with Gasteiger partial charge in [-0.05, 0) is 18.2 Å². The number of morpholine rings is 1. The van der Waals surface area contributed by atoms with Crippen molar-refractivity contribution < 1.29 is 23.2 Å². The number of carbonyl (C=O) groups is 1. The molecule has 7 nitrogen and oxygen atoms in total. The minimum absolute atomic E-state index is 0.0360. The van der Waals surface area contributed by atoms with E-state index in [4.69, 9.17) is 9.47 Å². The Morgan fingerprint density at radius 1 is 1.50 bits per heavy atom. The molecule has 0 radical (unpaired) electrons. The van der Waals surface area contributed by atoms with E-state index in [1.807, 2.05) is 0 Å². The fourth-order valence-electron chi connectivity index (χ4n) is 2.29. The van der Waals surface area contributed by atoms with Crippen LogP contribution in [-0.4, -0.2) is 47.8 Å². The van der Waals surface area contributed by atoms with Gasteiger partial charge in [0, 0.05) is 12.1 Å². The van der Waals surface area contributed by atoms with Crippen LogP contribution < -0.4 is 4.74 Å². The van der Waals surface area contributed by atoms with Crippen molar-refractivity contribution in [3.05, 3.63) is 41.8 Å². The first-order chi connectivity index (χ1) is 10.7. The zero-order valence-electron chi connectivity index (χ0n) is 11.9. The van der Waals surface area contributed by atoms with E-state index in [2.05, 4.69) is 14.7 Å². The maximum atomic E-state index is 13.4. The summed E-state index contributed by atoms with van der Waals surface area (Å²) < 4.78 is 28.6. The Labute approximate surface area is 125 Å². The lowest BCUT2D eigenvalue weighted by Crippen LogP contribution is -2.42. The molecule has 1 unspecified atom stereocenters. The summed E-state index contributed by atoms with van der Waals surface area (Å²) >= 11 is 0. The normalized spacial score (nSPS) is 18.3. The van der Waals surface area contributed by atoms with Crippen LogP contribution in [0.2, 0.25) is 0 Å². The molecule has 1 atom stereocenters. The molecule has 0 spiro atoms. The van der Waals surface area contributed by atoms with E-state index < -0.39 is 11.9 Å². The summed E-state index contributed by atoms with van der Waals surface area (Å²) in [6.07, 6.45) is 0.781. The van der Waals surface area contributed by atoms with Gasteiger partial charge in [0.15, 0.2) is 11.6 Å². The van der Waals surface area contributed by atoms with Gasteiger partial charge in [-0.1, -0.05) is 5.16 Å². The van der Waals surface area contributed by atoms with E-state index in [0.29, 0.717) is 31.1 Å². The molecule has 2 aromatic rings. The Bertz CT molecular complexity index is 662. The van der Waals surface area contributed by atoms with E-state index in [9.17, 15) is 9.18 Å². The Kier molecular flexibility index (Phi) is 4.01. The third-order valence-corrected chi connectivity index (χ3v) is 3.42. The van der Waals surface area contributed by atoms with Crippen molar-refractivity contribution in [3.63, 3.8) is 0 Å². The van der Waals surface area contributed by atoms with Gasteiger partial charge < -0.3 is 18.9 Å². The van der Waals surface area contributed by atoms with Gasteiger partial charge in [0.2, 0.25) is 12.2 Å². The number of rotatable bonds is 3. The lowest BCUT2D eigenvalue weighted by atomic mass is 10.1. The quantitative estimate of drug-likeness (QED) is 0.853. The van der Waals surface area contributed by atoms with Gasteiger partial charge >= 0.3 is 0 Å². The van der Waals surface area contributed by atoms with Crippen LogP contribution in [0.4, 0.5) is 4.39 Å². The van der Waals surface area contributed by atoms with Crippen LogP contribution in [0, 0.1) is 5.82 Å². The lowest BCUT2D eigenvalue weighted by Gasteiger charge is -2.31. The number of benzene rings is 1. The molecule has 1 aromatic heterocycles. The highest BCUT2D eigenvalue weighted by atomic mass is 19.1. The molecule has 2 heterocycles. The second kappa shape index (κ2) is 6.10. The second-order valence-corrected chi connectivity index (χ2v) is 4.75. The SMILES string of the molecule is COc1cc(C(=O)N2CCOC(c3ncon3)C2)ccc1F. The summed E-state index contributed by atoms with van der Waals surface area (Å²) in [6.45, 7) is 1.11. The molecule has 1 aliphatic rings. The average molecular weight is 307 g/mol. The number of halogens is 1. The Morgan fingerprint density at radius 2 is 2.36 bits per heavy atom. The standard InChI is InChI=1S/C14H14FN3O4/c1-20-11-6-9(2-3-10(11)15)14(19)18-4-5-21-12(7-18)13-16-8-22-17-13/h2-3,6,8,12H,4-5,7H2,1H3. The fourth-order valence-corrected chi connectivity index (χ4v) is 2.29. The molecule has 1 fully saturated rings. The number of methoxy groups -OCH3 is 1. The Hall–Kier alpha value is -2.48. The summed E-state index contributed by atoms with van der Waals surface area (Å²) in [5.41, 5.74) is 0.354. The molecule has 0 saturated carbocycles. The number of ether oxygens (including phenoxy) is 2. The van der Waals surface area contributed by atoms with Gasteiger partial charge in [0.05, 0.1) is 20.3 Å². The first-order valence-electron chi connectivity index (χ1n) is 6.69. The van der Waals surface area contributed by atoms with Crippen LogP contribution >= 0.6 is 0 Å². The molecule has 0 aliphatic carbocycles. The predicted octanol–water partition coefficient (Wildman–Crippen LogP) is 1.43. The minimum Gasteiger partial charge on any atom is -0.494 e. The number of hydrogen-bond donors (Lipinski definition) is 0. The molecule has 0 N–H and O–H groups in total. The number of amides is 1. The van der Waals surface area contributed by atoms with Crippen molar-refractivity contribution >= 4 is 5.91 Å². The largest absolute Gasteiger partial charge is 0.494 e. The highest BCUT2D eigenvalue weighted by molar-refractivity contribution is 5.94. The third-order valence-electron chi connectivity index (χ3n) is 3.42. The average Bonchev–Trinajstić information content (AvgIpc) is 3.09. The van der Waals surface area contributed by atoms with Crippen molar-refractivity contribution in [2.24, 2.45) is 0 Å². The maximum Gasteiger partial charge on any atom is 0.254 e. The number of aromatic nitrogens is 2. The molecule has 1 aliphatic heterocycles. The number of carbonyl (C=O) groups excluding carboxylic acids is 1. The van der Waals surface area contributed by atoms with Gasteiger partial charge in [-0.15, -0.1) is 0 Å². The molecule has 1 saturated heterocycles. The molecule has 116 valence electrons. The first kappa shape index (κ1) is 14.5. The molecule has 1 aromatic carbocycles. The maximum absolute atomic E-state index is 13.4. The molecular weight excluding hydrogens is 293 g/mol. The minimum atomic E-state index is -0.509. The molecule has 3 rings (SSSR count). The monoisotopic (exact) mass is 307 g/mol. The third kappa shape index (κ3) is 2.77. The van der Waals surface area contributed by atoms with Crippen LogP contribution in [-0.2, 0) is 4.74 Å². The topological polar surface area (TPSA) is 77.7 Å². The smallest absolute Gasteiger partial charge is 0.254 e. The zero-order chi connectivity index (χ0) is 15.5. The fraction of sp³-hybridized carbons (Fsp3) is 0.357. The van der Waals surface area contributed by atoms with Crippen LogP contribution in [0.5, 0.6) is 5.75 Å². The van der Waals surface area contributed by atoms with Gasteiger partial charge in [-0.2, -0.15) is 4.98 Å². The van der Waals surface area contributed by atoms with Crippen molar-refractivity contribution in [2.75, 3.05) is 26.8 Å². The summed E-state index contributed by atoms with van der Waals surface area (Å²) in [4.78, 5) is 18.1. The first-order valence-corrected chi connectivity index (χ1v) is 6.69. The van der Waals surface area contributed by atoms with Gasteiger partial charge in [-0.3, -0.25) is 4.79 Å². The lowest BCUT2D eigenvalue weighted by molar-refractivity contribution is -0.0276. The second-order valence-electron chi connectivity index (χ2n) is 4.75. The van der Waals surface area contributed by atoms with Gasteiger partial charge in [0.25, 0.3) is 5.91 Å². The highest BCUT2D eigenvalue weighted by Gasteiger charge is 2.29. The van der Waals surface area contributed by atoms with Crippen molar-refractivity contribution in [1.29, 1.82) is 0 Å². The Morgan fingerprint density at radius 3 is 3.09 bits per heavy atom. The van der Waals surface area contributed by atoms with Crippen LogP contribution in [0.1, 0.15) is 22.3 Å². The predicted molar refractivity (Wildman–Crippen MR) is 71.8 cm³/mol. The van der Waals surface area contributed by atoms with Crippen LogP contribution in [0.3, 0.4) is 0 Å². The molecule has 0 bridgehead atoms. The molecule has 1 amide bonds.